The molecule has 4 rings (SSSR count). The van der Waals surface area contributed by atoms with E-state index in [-0.39, 0.29) is 11.7 Å². The summed E-state index contributed by atoms with van der Waals surface area (Å²) in [7, 11) is 0. The minimum Gasteiger partial charge on any atom is -0.462 e. The molecule has 1 N–H and O–H groups in total. The van der Waals surface area contributed by atoms with Crippen LogP contribution in [0.25, 0.3) is 0 Å². The minimum atomic E-state index is -0.780. The van der Waals surface area contributed by atoms with Crippen LogP contribution < -0.4 is 0 Å². The summed E-state index contributed by atoms with van der Waals surface area (Å²) in [6, 6.07) is 30.1. The fourth-order valence-corrected chi connectivity index (χ4v) is 4.20. The molecule has 30 heavy (non-hydrogen) atoms. The molecular formula is C24H20ClN3O2. The molecule has 0 saturated carbocycles. The summed E-state index contributed by atoms with van der Waals surface area (Å²) < 4.78 is 5.77. The Hall–Kier alpha value is -3.44. The second-order valence-corrected chi connectivity index (χ2v) is 7.23. The Labute approximate surface area is 179 Å². The molecule has 0 aliphatic rings. The highest BCUT2D eigenvalue weighted by Gasteiger charge is 2.45. The predicted octanol–water partition coefficient (Wildman–Crippen LogP) is 4.58. The molecular weight excluding hydrogens is 398 g/mol. The molecule has 4 aromatic rings. The first-order valence-electron chi connectivity index (χ1n) is 9.57. The molecule has 0 fully saturated rings. The summed E-state index contributed by atoms with van der Waals surface area (Å²) in [6.45, 7) is 0.489. The van der Waals surface area contributed by atoms with Crippen LogP contribution in [0.3, 0.4) is 0 Å². The van der Waals surface area contributed by atoms with Gasteiger partial charge >= 0.3 is 0 Å². The third kappa shape index (κ3) is 3.72. The number of benzene rings is 3. The van der Waals surface area contributed by atoms with Crippen molar-refractivity contribution in [1.29, 1.82) is 0 Å². The maximum Gasteiger partial charge on any atom is 0.293 e. The fraction of sp³-hybridized carbons (Fsp3) is 0.125. The largest absolute Gasteiger partial charge is 0.462 e. The van der Waals surface area contributed by atoms with Crippen molar-refractivity contribution in [3.05, 3.63) is 119 Å². The summed E-state index contributed by atoms with van der Waals surface area (Å²) in [5.41, 5.74) is 2.21. The highest BCUT2D eigenvalue weighted by molar-refractivity contribution is 6.28. The van der Waals surface area contributed by atoms with Crippen molar-refractivity contribution < 1.29 is 9.53 Å². The van der Waals surface area contributed by atoms with E-state index in [9.17, 15) is 4.79 Å². The second kappa shape index (κ2) is 8.93. The van der Waals surface area contributed by atoms with Crippen LogP contribution in [0.1, 0.15) is 22.5 Å². The zero-order valence-electron chi connectivity index (χ0n) is 16.1. The number of rotatable bonds is 8. The fourth-order valence-electron chi connectivity index (χ4n) is 4.06. The summed E-state index contributed by atoms with van der Waals surface area (Å²) in [4.78, 5) is 15.9. The van der Waals surface area contributed by atoms with Gasteiger partial charge in [0, 0.05) is 6.42 Å². The van der Waals surface area contributed by atoms with E-state index in [0.29, 0.717) is 12.3 Å². The molecule has 0 radical (unpaired) electrons. The molecule has 0 amide bonds. The maximum absolute atomic E-state index is 11.7. The smallest absolute Gasteiger partial charge is 0.293 e. The van der Waals surface area contributed by atoms with Crippen molar-refractivity contribution in [2.45, 2.75) is 17.9 Å². The second-order valence-electron chi connectivity index (χ2n) is 6.87. The van der Waals surface area contributed by atoms with Gasteiger partial charge in [-0.15, -0.1) is 0 Å². The normalized spacial score (nSPS) is 12.3. The first-order chi connectivity index (χ1) is 14.7. The van der Waals surface area contributed by atoms with Crippen molar-refractivity contribution in [3.63, 3.8) is 0 Å². The molecule has 0 spiro atoms. The van der Waals surface area contributed by atoms with Crippen LogP contribution in [0.2, 0.25) is 5.28 Å². The topological polar surface area (TPSA) is 67.9 Å². The molecule has 1 aromatic heterocycles. The van der Waals surface area contributed by atoms with E-state index in [0.717, 1.165) is 16.7 Å². The Morgan fingerprint density at radius 1 is 0.867 bits per heavy atom. The number of hydrogen-bond acceptors (Lipinski definition) is 4. The highest BCUT2D eigenvalue weighted by atomic mass is 35.5. The third-order valence-electron chi connectivity index (χ3n) is 5.26. The summed E-state index contributed by atoms with van der Waals surface area (Å²) in [6.07, 6.45) is -0.338. The van der Waals surface area contributed by atoms with Gasteiger partial charge < -0.3 is 4.74 Å². The number of halogens is 1. The number of aromatic nitrogens is 3. The van der Waals surface area contributed by atoms with Crippen LogP contribution in [0.15, 0.2) is 91.0 Å². The number of nitrogens with one attached hydrogen (secondary N) is 1. The standard InChI is InChI=1S/C24H20ClN3O2/c25-23-26-22(27-28-23)16-21(30-17-29)24(18-10-4-1-5-11-18,19-12-6-2-7-13-19)20-14-8-3-9-15-20/h1-15,17,21H,16H2,(H,26,27,28). The Morgan fingerprint density at radius 2 is 1.33 bits per heavy atom. The lowest BCUT2D eigenvalue weighted by molar-refractivity contribution is -0.135. The zero-order chi connectivity index (χ0) is 20.8. The van der Waals surface area contributed by atoms with E-state index in [4.69, 9.17) is 16.3 Å². The molecule has 3 aromatic carbocycles. The third-order valence-corrected chi connectivity index (χ3v) is 5.43. The summed E-state index contributed by atoms with van der Waals surface area (Å²) in [5, 5.41) is 7.01. The molecule has 1 atom stereocenters. The van der Waals surface area contributed by atoms with Crippen LogP contribution in [0, 0.1) is 0 Å². The molecule has 6 heteroatoms. The number of aromatic amines is 1. The van der Waals surface area contributed by atoms with Gasteiger partial charge in [0.2, 0.25) is 5.28 Å². The molecule has 0 aliphatic heterocycles. The van der Waals surface area contributed by atoms with Gasteiger partial charge in [0.1, 0.15) is 6.10 Å². The minimum absolute atomic E-state index is 0.194. The van der Waals surface area contributed by atoms with Gasteiger partial charge in [-0.3, -0.25) is 4.79 Å². The van der Waals surface area contributed by atoms with Crippen LogP contribution in [-0.4, -0.2) is 27.8 Å². The van der Waals surface area contributed by atoms with E-state index in [2.05, 4.69) is 15.2 Å². The number of carbonyl (C=O) groups excluding carboxylic acids is 1. The monoisotopic (exact) mass is 417 g/mol. The zero-order valence-corrected chi connectivity index (χ0v) is 16.9. The number of ether oxygens (including phenoxy) is 1. The molecule has 0 saturated heterocycles. The van der Waals surface area contributed by atoms with Gasteiger partial charge in [0.15, 0.2) is 5.82 Å². The van der Waals surface area contributed by atoms with Crippen molar-refractivity contribution in [2.24, 2.45) is 0 Å². The van der Waals surface area contributed by atoms with Gasteiger partial charge in [-0.2, -0.15) is 5.10 Å². The lowest BCUT2D eigenvalue weighted by Gasteiger charge is -2.41. The van der Waals surface area contributed by atoms with Crippen LogP contribution >= 0.6 is 11.6 Å². The van der Waals surface area contributed by atoms with E-state index in [1.165, 1.54) is 0 Å². The molecule has 1 heterocycles. The Bertz CT molecular complexity index is 989. The average molecular weight is 418 g/mol. The lowest BCUT2D eigenvalue weighted by Crippen LogP contribution is -2.45. The molecule has 1 unspecified atom stereocenters. The first kappa shape index (κ1) is 19.9. The molecule has 5 nitrogen and oxygen atoms in total. The molecule has 150 valence electrons. The van der Waals surface area contributed by atoms with E-state index in [1.54, 1.807) is 0 Å². The average Bonchev–Trinajstić information content (AvgIpc) is 3.21. The van der Waals surface area contributed by atoms with Gasteiger partial charge in [0.25, 0.3) is 6.47 Å². The van der Waals surface area contributed by atoms with Crippen molar-refractivity contribution in [2.75, 3.05) is 0 Å². The van der Waals surface area contributed by atoms with Crippen LogP contribution in [-0.2, 0) is 21.4 Å². The van der Waals surface area contributed by atoms with Gasteiger partial charge in [-0.1, -0.05) is 91.0 Å². The Kier molecular flexibility index (Phi) is 5.91. The molecule has 0 aliphatic carbocycles. The van der Waals surface area contributed by atoms with Gasteiger partial charge in [0.05, 0.1) is 5.41 Å². The van der Waals surface area contributed by atoms with Crippen molar-refractivity contribution in [1.82, 2.24) is 15.2 Å². The Balaban J connectivity index is 2.00. The quantitative estimate of drug-likeness (QED) is 0.336. The van der Waals surface area contributed by atoms with Crippen molar-refractivity contribution >= 4 is 18.1 Å². The summed E-state index contributed by atoms with van der Waals surface area (Å²) in [5.74, 6) is 0.471. The summed E-state index contributed by atoms with van der Waals surface area (Å²) >= 11 is 5.95. The SMILES string of the molecule is O=COC(Cc1n[nH]c(Cl)n1)C(c1ccccc1)(c1ccccc1)c1ccccc1. The molecule has 0 bridgehead atoms. The van der Waals surface area contributed by atoms with Crippen LogP contribution in [0.5, 0.6) is 0 Å². The highest BCUT2D eigenvalue weighted by Crippen LogP contribution is 2.44. The number of H-pyrrole nitrogens is 1. The van der Waals surface area contributed by atoms with Crippen molar-refractivity contribution in [3.8, 4) is 0 Å². The van der Waals surface area contributed by atoms with E-state index < -0.39 is 11.5 Å². The first-order valence-corrected chi connectivity index (χ1v) is 9.95. The number of nitrogens with zero attached hydrogens (tertiary/aromatic N) is 2. The van der Waals surface area contributed by atoms with Gasteiger partial charge in [-0.05, 0) is 28.3 Å². The Morgan fingerprint density at radius 3 is 1.70 bits per heavy atom. The van der Waals surface area contributed by atoms with Gasteiger partial charge in [-0.25, -0.2) is 10.1 Å². The van der Waals surface area contributed by atoms with E-state index >= 15 is 0 Å². The number of carbonyl (C=O) groups is 1. The predicted molar refractivity (Wildman–Crippen MR) is 115 cm³/mol. The lowest BCUT2D eigenvalue weighted by atomic mass is 9.65. The van der Waals surface area contributed by atoms with E-state index in [1.807, 2.05) is 91.0 Å². The van der Waals surface area contributed by atoms with Crippen LogP contribution in [0.4, 0.5) is 0 Å². The maximum atomic E-state index is 11.7. The number of hydrogen-bond donors (Lipinski definition) is 1.